The zero-order chi connectivity index (χ0) is 13.1. The Morgan fingerprint density at radius 2 is 2.17 bits per heavy atom. The van der Waals surface area contributed by atoms with Gasteiger partial charge in [0.2, 0.25) is 0 Å². The second-order valence-electron chi connectivity index (χ2n) is 4.19. The molecule has 3 nitrogen and oxygen atoms in total. The van der Waals surface area contributed by atoms with Gasteiger partial charge in [-0.2, -0.15) is 0 Å². The van der Waals surface area contributed by atoms with Gasteiger partial charge >= 0.3 is 0 Å². The summed E-state index contributed by atoms with van der Waals surface area (Å²) in [6, 6.07) is 5.78. The molecule has 0 fully saturated rings. The van der Waals surface area contributed by atoms with Crippen molar-refractivity contribution in [3.63, 3.8) is 0 Å². The van der Waals surface area contributed by atoms with Crippen molar-refractivity contribution >= 4 is 28.9 Å². The maximum absolute atomic E-state index is 6.26. The average Bonchev–Trinajstić information content (AvgIpc) is 2.74. The molecule has 0 saturated carbocycles. The van der Waals surface area contributed by atoms with Crippen LogP contribution in [0.4, 0.5) is 5.69 Å². The van der Waals surface area contributed by atoms with E-state index in [1.165, 1.54) is 0 Å². The van der Waals surface area contributed by atoms with E-state index in [9.17, 15) is 0 Å². The van der Waals surface area contributed by atoms with E-state index < -0.39 is 0 Å². The molecule has 96 valence electrons. The maximum atomic E-state index is 6.26. The number of para-hydroxylation sites is 1. The minimum Gasteiger partial charge on any atom is -0.366 e. The van der Waals surface area contributed by atoms with Crippen LogP contribution < -0.4 is 4.90 Å². The van der Waals surface area contributed by atoms with Crippen LogP contribution in [0.3, 0.4) is 0 Å². The van der Waals surface area contributed by atoms with Crippen LogP contribution in [-0.2, 0) is 19.5 Å². The predicted octanol–water partition coefficient (Wildman–Crippen LogP) is 3.45. The van der Waals surface area contributed by atoms with Crippen molar-refractivity contribution in [1.29, 1.82) is 0 Å². The van der Waals surface area contributed by atoms with Gasteiger partial charge in [-0.1, -0.05) is 23.7 Å². The fourth-order valence-electron chi connectivity index (χ4n) is 1.94. The van der Waals surface area contributed by atoms with Crippen molar-refractivity contribution in [2.45, 2.75) is 12.4 Å². The van der Waals surface area contributed by atoms with Crippen LogP contribution in [0.5, 0.6) is 0 Å². The van der Waals surface area contributed by atoms with E-state index in [0.29, 0.717) is 17.4 Å². The number of halogens is 2. The number of imidazole rings is 1. The molecule has 0 bridgehead atoms. The van der Waals surface area contributed by atoms with Gasteiger partial charge < -0.3 is 9.47 Å². The Morgan fingerprint density at radius 3 is 2.78 bits per heavy atom. The molecule has 18 heavy (non-hydrogen) atoms. The van der Waals surface area contributed by atoms with Crippen LogP contribution in [0.2, 0.25) is 5.02 Å². The third kappa shape index (κ3) is 2.62. The largest absolute Gasteiger partial charge is 0.366 e. The van der Waals surface area contributed by atoms with Crippen molar-refractivity contribution in [2.75, 3.05) is 11.9 Å². The zero-order valence-corrected chi connectivity index (χ0v) is 11.9. The second-order valence-corrected chi connectivity index (χ2v) is 4.87. The predicted molar refractivity (Wildman–Crippen MR) is 76.3 cm³/mol. The van der Waals surface area contributed by atoms with Gasteiger partial charge in [-0.25, -0.2) is 4.98 Å². The molecule has 1 heterocycles. The van der Waals surface area contributed by atoms with E-state index in [4.69, 9.17) is 23.2 Å². The van der Waals surface area contributed by atoms with Gasteiger partial charge in [0.15, 0.2) is 0 Å². The average molecular weight is 284 g/mol. The van der Waals surface area contributed by atoms with Gasteiger partial charge in [0.1, 0.15) is 5.82 Å². The molecule has 2 rings (SSSR count). The molecule has 0 aliphatic carbocycles. The van der Waals surface area contributed by atoms with E-state index in [0.717, 1.165) is 17.1 Å². The fraction of sp³-hybridized carbons (Fsp3) is 0.308. The summed E-state index contributed by atoms with van der Waals surface area (Å²) >= 11 is 12.2. The molecule has 1 aromatic heterocycles. The smallest absolute Gasteiger partial charge is 0.127 e. The van der Waals surface area contributed by atoms with Crippen molar-refractivity contribution in [3.8, 4) is 0 Å². The first kappa shape index (κ1) is 13.2. The van der Waals surface area contributed by atoms with Gasteiger partial charge in [-0.3, -0.25) is 0 Å². The molecule has 0 aliphatic heterocycles. The van der Waals surface area contributed by atoms with Crippen LogP contribution in [0.1, 0.15) is 11.4 Å². The van der Waals surface area contributed by atoms with Gasteiger partial charge in [0.05, 0.1) is 17.3 Å². The molecule has 1 aromatic carbocycles. The van der Waals surface area contributed by atoms with Gasteiger partial charge in [-0.15, -0.1) is 11.6 Å². The molecule has 5 heteroatoms. The highest BCUT2D eigenvalue weighted by Gasteiger charge is 2.13. The lowest BCUT2D eigenvalue weighted by Gasteiger charge is -2.22. The number of benzene rings is 1. The van der Waals surface area contributed by atoms with Crippen LogP contribution >= 0.6 is 23.2 Å². The molecule has 0 amide bonds. The summed E-state index contributed by atoms with van der Waals surface area (Å²) in [4.78, 5) is 6.38. The summed E-state index contributed by atoms with van der Waals surface area (Å²) in [6.07, 6.45) is 3.72. The van der Waals surface area contributed by atoms with Gasteiger partial charge in [0, 0.05) is 32.4 Å². The van der Waals surface area contributed by atoms with Gasteiger partial charge in [-0.05, 0) is 11.6 Å². The third-order valence-corrected chi connectivity index (χ3v) is 3.49. The highest BCUT2D eigenvalue weighted by Crippen LogP contribution is 2.30. The Balaban J connectivity index is 2.29. The van der Waals surface area contributed by atoms with E-state index >= 15 is 0 Å². The monoisotopic (exact) mass is 283 g/mol. The zero-order valence-electron chi connectivity index (χ0n) is 10.4. The number of alkyl halides is 1. The minimum atomic E-state index is 0.445. The Morgan fingerprint density at radius 1 is 1.39 bits per heavy atom. The summed E-state index contributed by atoms with van der Waals surface area (Å²) in [5, 5.41) is 0.713. The quantitative estimate of drug-likeness (QED) is 0.802. The Kier molecular flexibility index (Phi) is 4.15. The Labute approximate surface area is 117 Å². The molecule has 0 N–H and O–H groups in total. The van der Waals surface area contributed by atoms with Crippen molar-refractivity contribution in [1.82, 2.24) is 9.55 Å². The normalized spacial score (nSPS) is 10.7. The molecule has 0 radical (unpaired) electrons. The van der Waals surface area contributed by atoms with E-state index in [1.807, 2.05) is 43.1 Å². The van der Waals surface area contributed by atoms with E-state index in [-0.39, 0.29) is 0 Å². The highest BCUT2D eigenvalue weighted by molar-refractivity contribution is 6.33. The minimum absolute atomic E-state index is 0.445. The van der Waals surface area contributed by atoms with Crippen LogP contribution in [0.25, 0.3) is 0 Å². The van der Waals surface area contributed by atoms with Crippen LogP contribution in [-0.4, -0.2) is 16.6 Å². The lowest BCUT2D eigenvalue weighted by molar-refractivity contribution is 0.760. The molecule has 0 atom stereocenters. The number of aryl methyl sites for hydroxylation is 1. The second kappa shape index (κ2) is 5.63. The molecule has 0 saturated heterocycles. The van der Waals surface area contributed by atoms with E-state index in [1.54, 1.807) is 6.20 Å². The lowest BCUT2D eigenvalue weighted by Crippen LogP contribution is -2.20. The molecular formula is C13H15Cl2N3. The summed E-state index contributed by atoms with van der Waals surface area (Å²) in [5.41, 5.74) is 2.00. The number of nitrogens with zero attached hydrogens (tertiary/aromatic N) is 3. The van der Waals surface area contributed by atoms with Crippen LogP contribution in [0.15, 0.2) is 30.6 Å². The third-order valence-electron chi connectivity index (χ3n) is 2.90. The fourth-order valence-corrected chi connectivity index (χ4v) is 2.49. The first-order valence-electron chi connectivity index (χ1n) is 5.64. The summed E-state index contributed by atoms with van der Waals surface area (Å²) < 4.78 is 1.99. The van der Waals surface area contributed by atoms with Crippen molar-refractivity contribution < 1.29 is 0 Å². The summed E-state index contributed by atoms with van der Waals surface area (Å²) in [6.45, 7) is 0.692. The molecule has 0 aliphatic rings. The summed E-state index contributed by atoms with van der Waals surface area (Å²) in [5.74, 6) is 1.43. The Hall–Kier alpha value is -1.19. The number of anilines is 1. The highest BCUT2D eigenvalue weighted by atomic mass is 35.5. The molecule has 2 aromatic rings. The maximum Gasteiger partial charge on any atom is 0.127 e. The standard InChI is InChI=1S/C13H15Cl2N3/c1-17-7-6-16-12(17)9-18(2)13-10(8-14)4-3-5-11(13)15/h3-7H,8-9H2,1-2H3. The lowest BCUT2D eigenvalue weighted by atomic mass is 10.2. The number of aromatic nitrogens is 2. The summed E-state index contributed by atoms with van der Waals surface area (Å²) in [7, 11) is 3.97. The molecule has 0 spiro atoms. The molecular weight excluding hydrogens is 269 g/mol. The first-order valence-corrected chi connectivity index (χ1v) is 6.55. The number of hydrogen-bond acceptors (Lipinski definition) is 2. The SMILES string of the molecule is CN(Cc1nccn1C)c1c(Cl)cccc1CCl. The number of rotatable bonds is 4. The molecule has 0 unspecified atom stereocenters. The Bertz CT molecular complexity index is 537. The van der Waals surface area contributed by atoms with Crippen molar-refractivity contribution in [2.24, 2.45) is 7.05 Å². The topological polar surface area (TPSA) is 21.1 Å². The van der Waals surface area contributed by atoms with E-state index in [2.05, 4.69) is 9.88 Å². The van der Waals surface area contributed by atoms with Crippen LogP contribution in [0, 0.1) is 0 Å². The number of hydrogen-bond donors (Lipinski definition) is 0. The van der Waals surface area contributed by atoms with Gasteiger partial charge in [0.25, 0.3) is 0 Å². The van der Waals surface area contributed by atoms with Crippen molar-refractivity contribution in [3.05, 3.63) is 47.0 Å². The first-order chi connectivity index (χ1) is 8.63.